The van der Waals surface area contributed by atoms with E-state index in [2.05, 4.69) is 15.2 Å². The summed E-state index contributed by atoms with van der Waals surface area (Å²) in [4.78, 5) is 11.5. The van der Waals surface area contributed by atoms with Gasteiger partial charge < -0.3 is 14.6 Å². The Balaban J connectivity index is 1.87. The van der Waals surface area contributed by atoms with E-state index in [0.29, 0.717) is 22.7 Å². The lowest BCUT2D eigenvalue weighted by Crippen LogP contribution is -2.34. The van der Waals surface area contributed by atoms with Crippen molar-refractivity contribution in [3.8, 4) is 5.75 Å². The number of amides is 1. The van der Waals surface area contributed by atoms with Gasteiger partial charge in [-0.25, -0.2) is 13.1 Å². The van der Waals surface area contributed by atoms with Crippen LogP contribution < -0.4 is 14.8 Å². The molecular weight excluding hydrogens is 418 g/mol. The standard InChI is InChI=1S/C22H29N3O5S/c1-15-22(23-16(2)26)20(30-24-15)13-11-17-10-12-19(29-3)21(14-17)31(27,28)25-18-8-6-4-5-7-9-18/h10-14,18,25H,4-9H2,1-3H3,(H,23,26). The topological polar surface area (TPSA) is 111 Å². The second-order valence-electron chi connectivity index (χ2n) is 7.74. The van der Waals surface area contributed by atoms with Gasteiger partial charge in [-0.15, -0.1) is 0 Å². The van der Waals surface area contributed by atoms with Crippen molar-refractivity contribution >= 4 is 33.8 Å². The van der Waals surface area contributed by atoms with Crippen molar-refractivity contribution in [2.45, 2.75) is 63.3 Å². The van der Waals surface area contributed by atoms with Crippen LogP contribution in [0.15, 0.2) is 27.6 Å². The molecule has 0 bridgehead atoms. The number of carbonyl (C=O) groups excluding carboxylic acids is 1. The summed E-state index contributed by atoms with van der Waals surface area (Å²) in [7, 11) is -2.30. The molecule has 31 heavy (non-hydrogen) atoms. The average molecular weight is 448 g/mol. The zero-order valence-corrected chi connectivity index (χ0v) is 18.9. The average Bonchev–Trinajstić information content (AvgIpc) is 2.91. The Bertz CT molecular complexity index is 1050. The Morgan fingerprint density at radius 3 is 2.55 bits per heavy atom. The fourth-order valence-corrected chi connectivity index (χ4v) is 5.20. The molecule has 0 aliphatic heterocycles. The van der Waals surface area contributed by atoms with Crippen LogP contribution in [0.3, 0.4) is 0 Å². The highest BCUT2D eigenvalue weighted by atomic mass is 32.2. The molecular formula is C22H29N3O5S. The van der Waals surface area contributed by atoms with E-state index in [1.165, 1.54) is 14.0 Å². The van der Waals surface area contributed by atoms with Gasteiger partial charge in [0.2, 0.25) is 15.9 Å². The van der Waals surface area contributed by atoms with Crippen LogP contribution >= 0.6 is 0 Å². The molecule has 9 heteroatoms. The van der Waals surface area contributed by atoms with E-state index in [0.717, 1.165) is 38.5 Å². The number of benzene rings is 1. The third-order valence-electron chi connectivity index (χ3n) is 5.27. The van der Waals surface area contributed by atoms with Gasteiger partial charge in [0, 0.05) is 13.0 Å². The van der Waals surface area contributed by atoms with Gasteiger partial charge in [0.15, 0.2) is 5.76 Å². The number of anilines is 1. The van der Waals surface area contributed by atoms with Crippen molar-refractivity contribution in [2.24, 2.45) is 0 Å². The molecule has 2 N–H and O–H groups in total. The van der Waals surface area contributed by atoms with Crippen molar-refractivity contribution in [3.05, 3.63) is 35.2 Å². The third kappa shape index (κ3) is 5.95. The first kappa shape index (κ1) is 23.0. The number of rotatable bonds is 7. The number of nitrogens with zero attached hydrogens (tertiary/aromatic N) is 1. The minimum Gasteiger partial charge on any atom is -0.495 e. The largest absolute Gasteiger partial charge is 0.495 e. The van der Waals surface area contributed by atoms with Crippen molar-refractivity contribution < 1.29 is 22.5 Å². The number of aryl methyl sites for hydroxylation is 1. The molecule has 8 nitrogen and oxygen atoms in total. The van der Waals surface area contributed by atoms with Gasteiger partial charge in [-0.2, -0.15) is 0 Å². The fourth-order valence-electron chi connectivity index (χ4n) is 3.69. The van der Waals surface area contributed by atoms with Crippen LogP contribution in [0.5, 0.6) is 5.75 Å². The quantitative estimate of drug-likeness (QED) is 0.618. The minimum atomic E-state index is -3.75. The molecule has 1 aromatic heterocycles. The van der Waals surface area contributed by atoms with E-state index in [-0.39, 0.29) is 22.6 Å². The molecule has 3 rings (SSSR count). The van der Waals surface area contributed by atoms with Crippen LogP contribution in [0, 0.1) is 6.92 Å². The zero-order chi connectivity index (χ0) is 22.4. The van der Waals surface area contributed by atoms with Crippen molar-refractivity contribution in [3.63, 3.8) is 0 Å². The summed E-state index contributed by atoms with van der Waals surface area (Å²) in [5.74, 6) is 0.431. The van der Waals surface area contributed by atoms with Gasteiger partial charge in [0.1, 0.15) is 22.0 Å². The molecule has 1 aliphatic carbocycles. The van der Waals surface area contributed by atoms with E-state index < -0.39 is 10.0 Å². The van der Waals surface area contributed by atoms with Gasteiger partial charge in [0.05, 0.1) is 7.11 Å². The number of nitrogens with one attached hydrogen (secondary N) is 2. The Morgan fingerprint density at radius 2 is 1.90 bits per heavy atom. The van der Waals surface area contributed by atoms with E-state index in [1.54, 1.807) is 37.3 Å². The van der Waals surface area contributed by atoms with Crippen LogP contribution in [-0.4, -0.2) is 32.6 Å². The van der Waals surface area contributed by atoms with Crippen molar-refractivity contribution in [2.75, 3.05) is 12.4 Å². The molecule has 0 unspecified atom stereocenters. The van der Waals surface area contributed by atoms with E-state index in [1.807, 2.05) is 0 Å². The van der Waals surface area contributed by atoms with Gasteiger partial charge in [-0.3, -0.25) is 4.79 Å². The van der Waals surface area contributed by atoms with Crippen LogP contribution in [0.2, 0.25) is 0 Å². The Labute approximate surface area is 183 Å². The number of carbonyl (C=O) groups is 1. The SMILES string of the molecule is COc1ccc(C=Cc2onc(C)c2NC(C)=O)cc1S(=O)(=O)NC1CCCCCC1. The number of ether oxygens (including phenoxy) is 1. The second-order valence-corrected chi connectivity index (χ2v) is 9.42. The normalized spacial score (nSPS) is 15.7. The zero-order valence-electron chi connectivity index (χ0n) is 18.1. The Kier molecular flexibility index (Phi) is 7.50. The molecule has 1 aliphatic rings. The number of methoxy groups -OCH3 is 1. The maximum atomic E-state index is 13.1. The third-order valence-corrected chi connectivity index (χ3v) is 6.81. The summed E-state index contributed by atoms with van der Waals surface area (Å²) in [6.07, 6.45) is 9.38. The van der Waals surface area contributed by atoms with Crippen LogP contribution in [0.4, 0.5) is 5.69 Å². The van der Waals surface area contributed by atoms with Gasteiger partial charge in [-0.1, -0.05) is 43.0 Å². The van der Waals surface area contributed by atoms with Gasteiger partial charge >= 0.3 is 0 Å². The minimum absolute atomic E-state index is 0.0613. The van der Waals surface area contributed by atoms with E-state index in [9.17, 15) is 13.2 Å². The van der Waals surface area contributed by atoms with Crippen LogP contribution in [0.25, 0.3) is 12.2 Å². The molecule has 0 atom stereocenters. The first-order chi connectivity index (χ1) is 14.8. The Morgan fingerprint density at radius 1 is 1.19 bits per heavy atom. The first-order valence-electron chi connectivity index (χ1n) is 10.4. The molecule has 168 valence electrons. The van der Waals surface area contributed by atoms with Crippen molar-refractivity contribution in [1.82, 2.24) is 9.88 Å². The fraction of sp³-hybridized carbons (Fsp3) is 0.455. The molecule has 0 saturated heterocycles. The van der Waals surface area contributed by atoms with Crippen LogP contribution in [-0.2, 0) is 14.8 Å². The molecule has 1 heterocycles. The number of sulfonamides is 1. The predicted molar refractivity (Wildman–Crippen MR) is 119 cm³/mol. The molecule has 1 fully saturated rings. The molecule has 1 saturated carbocycles. The molecule has 0 radical (unpaired) electrons. The number of hydrogen-bond donors (Lipinski definition) is 2. The lowest BCUT2D eigenvalue weighted by atomic mass is 10.1. The number of hydrogen-bond acceptors (Lipinski definition) is 6. The highest BCUT2D eigenvalue weighted by Gasteiger charge is 2.24. The van der Waals surface area contributed by atoms with Gasteiger partial charge in [-0.05, 0) is 43.5 Å². The summed E-state index contributed by atoms with van der Waals surface area (Å²) in [5.41, 5.74) is 1.69. The summed E-state index contributed by atoms with van der Waals surface area (Å²) in [6, 6.07) is 4.88. The first-order valence-corrected chi connectivity index (χ1v) is 11.9. The predicted octanol–water partition coefficient (Wildman–Crippen LogP) is 4.12. The van der Waals surface area contributed by atoms with Crippen molar-refractivity contribution in [1.29, 1.82) is 0 Å². The summed E-state index contributed by atoms with van der Waals surface area (Å²) in [6.45, 7) is 3.13. The second kappa shape index (κ2) is 10.1. The lowest BCUT2D eigenvalue weighted by Gasteiger charge is -2.18. The van der Waals surface area contributed by atoms with Crippen LogP contribution in [0.1, 0.15) is 62.5 Å². The maximum Gasteiger partial charge on any atom is 0.244 e. The summed E-state index contributed by atoms with van der Waals surface area (Å²) < 4.78 is 39.6. The monoisotopic (exact) mass is 447 g/mol. The summed E-state index contributed by atoms with van der Waals surface area (Å²) in [5, 5.41) is 6.56. The van der Waals surface area contributed by atoms with E-state index >= 15 is 0 Å². The molecule has 2 aromatic rings. The number of aromatic nitrogens is 1. The van der Waals surface area contributed by atoms with Gasteiger partial charge in [0.25, 0.3) is 0 Å². The lowest BCUT2D eigenvalue weighted by molar-refractivity contribution is -0.114. The van der Waals surface area contributed by atoms with E-state index in [4.69, 9.17) is 9.26 Å². The molecule has 0 spiro atoms. The maximum absolute atomic E-state index is 13.1. The highest BCUT2D eigenvalue weighted by molar-refractivity contribution is 7.89. The molecule has 1 amide bonds. The Hall–Kier alpha value is -2.65. The summed E-state index contributed by atoms with van der Waals surface area (Å²) >= 11 is 0. The highest BCUT2D eigenvalue weighted by Crippen LogP contribution is 2.28. The smallest absolute Gasteiger partial charge is 0.244 e. The molecule has 1 aromatic carbocycles.